The van der Waals surface area contributed by atoms with Gasteiger partial charge in [-0.25, -0.2) is 9.97 Å². The van der Waals surface area contributed by atoms with E-state index in [0.29, 0.717) is 5.92 Å². The number of hydrogen-bond donors (Lipinski definition) is 2. The Morgan fingerprint density at radius 2 is 2.00 bits per heavy atom. The van der Waals surface area contributed by atoms with E-state index in [4.69, 9.17) is 9.72 Å². The topological polar surface area (TPSA) is 62.8 Å². The summed E-state index contributed by atoms with van der Waals surface area (Å²) in [7, 11) is 1.83. The number of piperidine rings is 1. The first-order chi connectivity index (χ1) is 10.7. The normalized spacial score (nSPS) is 34.4. The van der Waals surface area contributed by atoms with Crippen LogP contribution in [0.2, 0.25) is 0 Å². The Morgan fingerprint density at radius 3 is 2.73 bits per heavy atom. The molecule has 0 aromatic carbocycles. The van der Waals surface area contributed by atoms with E-state index in [1.54, 1.807) is 0 Å². The summed E-state index contributed by atoms with van der Waals surface area (Å²) in [4.78, 5) is 13.0. The van der Waals surface area contributed by atoms with Gasteiger partial charge < -0.3 is 15.0 Å². The van der Waals surface area contributed by atoms with Gasteiger partial charge in [0.25, 0.3) is 0 Å². The SMILES string of the molecule is COC12CC(c3nc4nccc(C5CCNCC5)c4[nH]3)(C1)C2. The van der Waals surface area contributed by atoms with Crippen molar-refractivity contribution in [3.8, 4) is 0 Å². The van der Waals surface area contributed by atoms with Gasteiger partial charge in [-0.15, -0.1) is 0 Å². The first kappa shape index (κ1) is 13.0. The fourth-order valence-electron chi connectivity index (χ4n) is 4.82. The minimum Gasteiger partial charge on any atom is -0.378 e. The van der Waals surface area contributed by atoms with Crippen molar-refractivity contribution >= 4 is 11.2 Å². The molecule has 0 spiro atoms. The van der Waals surface area contributed by atoms with E-state index >= 15 is 0 Å². The zero-order valence-corrected chi connectivity index (χ0v) is 13.0. The molecule has 0 radical (unpaired) electrons. The van der Waals surface area contributed by atoms with Crippen LogP contribution in [0.15, 0.2) is 12.3 Å². The van der Waals surface area contributed by atoms with Gasteiger partial charge in [0.05, 0.1) is 11.1 Å². The smallest absolute Gasteiger partial charge is 0.177 e. The van der Waals surface area contributed by atoms with Gasteiger partial charge in [0.15, 0.2) is 5.65 Å². The molecular weight excluding hydrogens is 276 g/mol. The van der Waals surface area contributed by atoms with Gasteiger partial charge in [-0.2, -0.15) is 0 Å². The Morgan fingerprint density at radius 1 is 1.23 bits per heavy atom. The lowest BCUT2D eigenvalue weighted by Gasteiger charge is -2.68. The highest BCUT2D eigenvalue weighted by Crippen LogP contribution is 2.68. The number of imidazole rings is 1. The molecule has 5 heteroatoms. The summed E-state index contributed by atoms with van der Waals surface area (Å²) in [5.41, 5.74) is 3.85. The number of nitrogens with zero attached hydrogens (tertiary/aromatic N) is 2. The number of ether oxygens (including phenoxy) is 1. The monoisotopic (exact) mass is 298 g/mol. The van der Waals surface area contributed by atoms with Gasteiger partial charge in [0.1, 0.15) is 5.82 Å². The summed E-state index contributed by atoms with van der Waals surface area (Å²) in [6.07, 6.45) is 7.65. The minimum atomic E-state index is 0.157. The van der Waals surface area contributed by atoms with Crippen molar-refractivity contribution in [2.75, 3.05) is 20.2 Å². The summed E-state index contributed by atoms with van der Waals surface area (Å²) in [5, 5.41) is 3.44. The van der Waals surface area contributed by atoms with Gasteiger partial charge in [-0.3, -0.25) is 0 Å². The lowest BCUT2D eigenvalue weighted by molar-refractivity contribution is -0.234. The molecule has 2 aromatic rings. The molecule has 2 N–H and O–H groups in total. The van der Waals surface area contributed by atoms with Crippen LogP contribution >= 0.6 is 0 Å². The quantitative estimate of drug-likeness (QED) is 0.912. The first-order valence-electron chi connectivity index (χ1n) is 8.35. The molecule has 0 amide bonds. The average molecular weight is 298 g/mol. The molecule has 4 fully saturated rings. The van der Waals surface area contributed by atoms with Crippen LogP contribution < -0.4 is 5.32 Å². The first-order valence-corrected chi connectivity index (χ1v) is 8.35. The van der Waals surface area contributed by atoms with Crippen molar-refractivity contribution in [1.29, 1.82) is 0 Å². The third-order valence-corrected chi connectivity index (χ3v) is 6.12. The number of pyridine rings is 1. The van der Waals surface area contributed by atoms with Crippen molar-refractivity contribution in [3.05, 3.63) is 23.7 Å². The van der Waals surface area contributed by atoms with Crippen LogP contribution in [0, 0.1) is 0 Å². The van der Waals surface area contributed by atoms with Crippen LogP contribution in [0.5, 0.6) is 0 Å². The highest BCUT2D eigenvalue weighted by Gasteiger charge is 2.70. The van der Waals surface area contributed by atoms with Crippen LogP contribution in [0.25, 0.3) is 11.2 Å². The molecule has 2 aromatic heterocycles. The summed E-state index contributed by atoms with van der Waals surface area (Å²) >= 11 is 0. The molecule has 3 heterocycles. The molecule has 3 aliphatic carbocycles. The molecular formula is C17H22N4O. The van der Waals surface area contributed by atoms with E-state index in [1.807, 2.05) is 13.3 Å². The molecule has 0 unspecified atom stereocenters. The molecule has 1 saturated heterocycles. The highest BCUT2D eigenvalue weighted by atomic mass is 16.5. The predicted molar refractivity (Wildman–Crippen MR) is 84.0 cm³/mol. The van der Waals surface area contributed by atoms with E-state index in [1.165, 1.54) is 23.9 Å². The Labute approximate surface area is 129 Å². The Hall–Kier alpha value is -1.46. The highest BCUT2D eigenvalue weighted by molar-refractivity contribution is 5.76. The summed E-state index contributed by atoms with van der Waals surface area (Å²) < 4.78 is 5.61. The molecule has 1 aliphatic heterocycles. The predicted octanol–water partition coefficient (Wildman–Crippen LogP) is 2.25. The lowest BCUT2D eigenvalue weighted by Crippen LogP contribution is -2.70. The number of H-pyrrole nitrogens is 1. The summed E-state index contributed by atoms with van der Waals surface area (Å²) in [6.45, 7) is 2.21. The maximum atomic E-state index is 5.61. The second-order valence-corrected chi connectivity index (χ2v) is 7.41. The molecule has 4 aliphatic rings. The Balaban J connectivity index is 1.52. The molecule has 6 rings (SSSR count). The maximum absolute atomic E-state index is 5.61. The number of rotatable bonds is 3. The van der Waals surface area contributed by atoms with Crippen molar-refractivity contribution in [2.24, 2.45) is 0 Å². The largest absolute Gasteiger partial charge is 0.378 e. The van der Waals surface area contributed by atoms with Crippen LogP contribution in [-0.4, -0.2) is 40.8 Å². The van der Waals surface area contributed by atoms with E-state index in [2.05, 4.69) is 21.4 Å². The van der Waals surface area contributed by atoms with Gasteiger partial charge in [-0.05, 0) is 62.7 Å². The number of hydrogen-bond acceptors (Lipinski definition) is 4. The van der Waals surface area contributed by atoms with E-state index in [-0.39, 0.29) is 11.0 Å². The molecule has 0 atom stereocenters. The van der Waals surface area contributed by atoms with Crippen LogP contribution in [0.3, 0.4) is 0 Å². The number of fused-ring (bicyclic) bond motifs is 1. The maximum Gasteiger partial charge on any atom is 0.177 e. The number of nitrogens with one attached hydrogen (secondary N) is 2. The number of aromatic nitrogens is 3. The Bertz CT molecular complexity index is 712. The van der Waals surface area contributed by atoms with E-state index in [9.17, 15) is 0 Å². The van der Waals surface area contributed by atoms with E-state index in [0.717, 1.165) is 43.8 Å². The third-order valence-electron chi connectivity index (χ3n) is 6.12. The van der Waals surface area contributed by atoms with Crippen molar-refractivity contribution < 1.29 is 4.74 Å². The van der Waals surface area contributed by atoms with Crippen molar-refractivity contribution in [1.82, 2.24) is 20.3 Å². The average Bonchev–Trinajstić information content (AvgIpc) is 2.89. The standard InChI is InChI=1S/C17H22N4O/c1-22-17-8-16(9-17,10-17)15-20-13-12(4-7-19-14(13)21-15)11-2-5-18-6-3-11/h4,7,11,18H,2-3,5-6,8-10H2,1H3,(H,19,20,21). The zero-order chi connectivity index (χ0) is 14.8. The van der Waals surface area contributed by atoms with Crippen LogP contribution in [0.1, 0.15) is 49.4 Å². The fourth-order valence-corrected chi connectivity index (χ4v) is 4.82. The van der Waals surface area contributed by atoms with E-state index < -0.39 is 0 Å². The van der Waals surface area contributed by atoms with Crippen molar-refractivity contribution in [3.63, 3.8) is 0 Å². The molecule has 5 nitrogen and oxygen atoms in total. The lowest BCUT2D eigenvalue weighted by atomic mass is 9.41. The van der Waals surface area contributed by atoms with Gasteiger partial charge >= 0.3 is 0 Å². The Kier molecular flexibility index (Phi) is 2.54. The second kappa shape index (κ2) is 4.30. The molecule has 2 bridgehead atoms. The van der Waals surface area contributed by atoms with Gasteiger partial charge in [0, 0.05) is 18.7 Å². The van der Waals surface area contributed by atoms with Gasteiger partial charge in [0.2, 0.25) is 0 Å². The second-order valence-electron chi connectivity index (χ2n) is 7.41. The molecule has 22 heavy (non-hydrogen) atoms. The van der Waals surface area contributed by atoms with Crippen LogP contribution in [-0.2, 0) is 10.2 Å². The van der Waals surface area contributed by atoms with Gasteiger partial charge in [-0.1, -0.05) is 0 Å². The third kappa shape index (κ3) is 1.61. The minimum absolute atomic E-state index is 0.157. The summed E-state index contributed by atoms with van der Waals surface area (Å²) in [5.74, 6) is 1.76. The number of methoxy groups -OCH3 is 1. The zero-order valence-electron chi connectivity index (χ0n) is 13.0. The van der Waals surface area contributed by atoms with Crippen molar-refractivity contribution in [2.45, 2.75) is 49.0 Å². The van der Waals surface area contributed by atoms with Crippen LogP contribution in [0.4, 0.5) is 0 Å². The molecule has 3 saturated carbocycles. The molecule has 116 valence electrons. The number of aromatic amines is 1. The fraction of sp³-hybridized carbons (Fsp3) is 0.647. The summed E-state index contributed by atoms with van der Waals surface area (Å²) in [6, 6.07) is 2.18.